The number of likely N-dealkylation sites (N-methyl/N-ethyl adjacent to an activating group) is 1. The minimum Gasteiger partial charge on any atom is -0.482 e. The predicted molar refractivity (Wildman–Crippen MR) is 101 cm³/mol. The van der Waals surface area contributed by atoms with Gasteiger partial charge in [-0.05, 0) is 42.0 Å². The number of ether oxygens (including phenoxy) is 2. The van der Waals surface area contributed by atoms with E-state index in [0.717, 1.165) is 5.56 Å². The number of rotatable bonds is 7. The Labute approximate surface area is 166 Å². The summed E-state index contributed by atoms with van der Waals surface area (Å²) in [5.74, 6) is -0.613. The zero-order valence-corrected chi connectivity index (χ0v) is 16.0. The third-order valence-corrected chi connectivity index (χ3v) is 4.27. The van der Waals surface area contributed by atoms with Crippen molar-refractivity contribution in [1.82, 2.24) is 4.90 Å². The van der Waals surface area contributed by atoms with Gasteiger partial charge in [-0.15, -0.1) is 0 Å². The van der Waals surface area contributed by atoms with Gasteiger partial charge in [0.1, 0.15) is 5.75 Å². The molecule has 8 heteroatoms. The summed E-state index contributed by atoms with van der Waals surface area (Å²) in [7, 11) is 1.59. The average molecular weight is 407 g/mol. The van der Waals surface area contributed by atoms with Crippen molar-refractivity contribution < 1.29 is 19.1 Å². The third-order valence-electron chi connectivity index (χ3n) is 3.53. The number of esters is 1. The van der Waals surface area contributed by atoms with Crippen molar-refractivity contribution in [2.24, 2.45) is 0 Å². The van der Waals surface area contributed by atoms with E-state index in [0.29, 0.717) is 27.9 Å². The molecule has 2 rings (SSSR count). The van der Waals surface area contributed by atoms with Gasteiger partial charge in [0.15, 0.2) is 13.2 Å². The maximum Gasteiger partial charge on any atom is 0.344 e. The van der Waals surface area contributed by atoms with Gasteiger partial charge in [0.05, 0.1) is 21.7 Å². The number of carbonyl (C=O) groups excluding carboxylic acids is 2. The maximum atomic E-state index is 12.1. The van der Waals surface area contributed by atoms with E-state index in [2.05, 4.69) is 0 Å². The second-order valence-corrected chi connectivity index (χ2v) is 6.40. The van der Waals surface area contributed by atoms with E-state index in [1.807, 2.05) is 6.07 Å². The summed E-state index contributed by atoms with van der Waals surface area (Å²) in [4.78, 5) is 25.2. The molecule has 0 fully saturated rings. The first-order valence-electron chi connectivity index (χ1n) is 7.85. The molecular formula is C19H16Cl2N2O4. The van der Waals surface area contributed by atoms with Crippen LogP contribution in [0.25, 0.3) is 0 Å². The molecule has 0 aromatic heterocycles. The van der Waals surface area contributed by atoms with Crippen LogP contribution in [0.15, 0.2) is 42.5 Å². The normalized spacial score (nSPS) is 10.0. The quantitative estimate of drug-likeness (QED) is 0.657. The van der Waals surface area contributed by atoms with Gasteiger partial charge < -0.3 is 14.4 Å². The molecule has 27 heavy (non-hydrogen) atoms. The van der Waals surface area contributed by atoms with Gasteiger partial charge in [-0.2, -0.15) is 5.26 Å². The lowest BCUT2D eigenvalue weighted by atomic mass is 10.2. The molecule has 0 radical (unpaired) electrons. The number of nitrogens with zero attached hydrogens (tertiary/aromatic N) is 2. The number of benzene rings is 2. The van der Waals surface area contributed by atoms with Crippen LogP contribution in [0.3, 0.4) is 0 Å². The molecule has 0 aliphatic carbocycles. The Bertz CT molecular complexity index is 863. The van der Waals surface area contributed by atoms with Crippen LogP contribution in [0.1, 0.15) is 11.1 Å². The highest BCUT2D eigenvalue weighted by atomic mass is 35.5. The Balaban J connectivity index is 1.75. The zero-order valence-electron chi connectivity index (χ0n) is 14.4. The van der Waals surface area contributed by atoms with Gasteiger partial charge in [-0.3, -0.25) is 4.79 Å². The first-order chi connectivity index (χ1) is 12.9. The molecule has 0 aliphatic rings. The highest BCUT2D eigenvalue weighted by Crippen LogP contribution is 2.23. The van der Waals surface area contributed by atoms with Crippen molar-refractivity contribution in [2.75, 3.05) is 20.3 Å². The second kappa shape index (κ2) is 9.81. The predicted octanol–water partition coefficient (Wildman–Crippen LogP) is 3.45. The minimum atomic E-state index is -0.671. The number of amides is 1. The second-order valence-electron chi connectivity index (χ2n) is 5.58. The van der Waals surface area contributed by atoms with Gasteiger partial charge in [-0.1, -0.05) is 29.3 Å². The Hall–Kier alpha value is -2.75. The maximum absolute atomic E-state index is 12.1. The van der Waals surface area contributed by atoms with Gasteiger partial charge in [-0.25, -0.2) is 4.79 Å². The summed E-state index contributed by atoms with van der Waals surface area (Å²) in [6.07, 6.45) is 0. The summed E-state index contributed by atoms with van der Waals surface area (Å²) in [5.41, 5.74) is 1.29. The van der Waals surface area contributed by atoms with Gasteiger partial charge >= 0.3 is 5.97 Å². The van der Waals surface area contributed by atoms with Gasteiger partial charge in [0, 0.05) is 13.6 Å². The van der Waals surface area contributed by atoms with E-state index in [-0.39, 0.29) is 12.5 Å². The highest BCUT2D eigenvalue weighted by molar-refractivity contribution is 6.42. The summed E-state index contributed by atoms with van der Waals surface area (Å²) < 4.78 is 10.2. The van der Waals surface area contributed by atoms with E-state index < -0.39 is 12.6 Å². The summed E-state index contributed by atoms with van der Waals surface area (Å²) >= 11 is 11.8. The van der Waals surface area contributed by atoms with Crippen molar-refractivity contribution in [3.8, 4) is 11.8 Å². The van der Waals surface area contributed by atoms with Crippen LogP contribution < -0.4 is 4.74 Å². The van der Waals surface area contributed by atoms with Crippen LogP contribution in [-0.4, -0.2) is 37.0 Å². The lowest BCUT2D eigenvalue weighted by Crippen LogP contribution is -2.31. The number of carbonyl (C=O) groups is 2. The minimum absolute atomic E-state index is 0.301. The molecule has 0 heterocycles. The zero-order chi connectivity index (χ0) is 19.8. The molecule has 0 aliphatic heterocycles. The molecule has 0 bridgehead atoms. The van der Waals surface area contributed by atoms with Crippen molar-refractivity contribution >= 4 is 35.1 Å². The topological polar surface area (TPSA) is 79.6 Å². The van der Waals surface area contributed by atoms with Crippen molar-refractivity contribution in [2.45, 2.75) is 6.54 Å². The SMILES string of the molecule is CN(Cc1ccc(Cl)c(Cl)c1)C(=O)COC(=O)COc1ccc(C#N)cc1. The summed E-state index contributed by atoms with van der Waals surface area (Å²) in [5, 5.41) is 9.56. The fourth-order valence-electron chi connectivity index (χ4n) is 2.06. The molecule has 2 aromatic carbocycles. The molecule has 140 valence electrons. The first kappa shape index (κ1) is 20.6. The summed E-state index contributed by atoms with van der Waals surface area (Å²) in [6, 6.07) is 13.4. The molecule has 0 saturated heterocycles. The Morgan fingerprint density at radius 3 is 2.41 bits per heavy atom. The fraction of sp³-hybridized carbons (Fsp3) is 0.211. The van der Waals surface area contributed by atoms with Gasteiger partial charge in [0.2, 0.25) is 0 Å². The van der Waals surface area contributed by atoms with E-state index in [1.54, 1.807) is 49.5 Å². The lowest BCUT2D eigenvalue weighted by molar-refractivity contribution is -0.153. The van der Waals surface area contributed by atoms with E-state index in [4.69, 9.17) is 37.9 Å². The van der Waals surface area contributed by atoms with Crippen molar-refractivity contribution in [3.05, 3.63) is 63.6 Å². The van der Waals surface area contributed by atoms with Crippen LogP contribution in [-0.2, 0) is 20.9 Å². The Kier molecular flexibility index (Phi) is 7.47. The van der Waals surface area contributed by atoms with Crippen molar-refractivity contribution in [1.29, 1.82) is 5.26 Å². The van der Waals surface area contributed by atoms with Crippen LogP contribution in [0.4, 0.5) is 0 Å². The number of halogens is 2. The van der Waals surface area contributed by atoms with Crippen LogP contribution in [0.2, 0.25) is 10.0 Å². The largest absolute Gasteiger partial charge is 0.482 e. The number of hydrogen-bond acceptors (Lipinski definition) is 5. The van der Waals surface area contributed by atoms with Crippen LogP contribution in [0.5, 0.6) is 5.75 Å². The monoisotopic (exact) mass is 406 g/mol. The molecule has 1 amide bonds. The average Bonchev–Trinajstić information content (AvgIpc) is 2.67. The van der Waals surface area contributed by atoms with Gasteiger partial charge in [0.25, 0.3) is 5.91 Å². The highest BCUT2D eigenvalue weighted by Gasteiger charge is 2.13. The molecule has 0 unspecified atom stereocenters. The number of nitriles is 1. The molecular weight excluding hydrogens is 391 g/mol. The number of hydrogen-bond donors (Lipinski definition) is 0. The Morgan fingerprint density at radius 1 is 1.07 bits per heavy atom. The Morgan fingerprint density at radius 2 is 1.78 bits per heavy atom. The molecule has 0 saturated carbocycles. The molecule has 2 aromatic rings. The first-order valence-corrected chi connectivity index (χ1v) is 8.61. The van der Waals surface area contributed by atoms with E-state index in [1.165, 1.54) is 4.90 Å². The van der Waals surface area contributed by atoms with Crippen LogP contribution in [0, 0.1) is 11.3 Å². The molecule has 0 N–H and O–H groups in total. The van der Waals surface area contributed by atoms with Crippen molar-refractivity contribution in [3.63, 3.8) is 0 Å². The standard InChI is InChI=1S/C19H16Cl2N2O4/c1-23(10-14-4-7-16(20)17(21)8-14)18(24)11-27-19(25)12-26-15-5-2-13(9-22)3-6-15/h2-8H,10-12H2,1H3. The van der Waals surface area contributed by atoms with E-state index in [9.17, 15) is 9.59 Å². The van der Waals surface area contributed by atoms with E-state index >= 15 is 0 Å². The lowest BCUT2D eigenvalue weighted by Gasteiger charge is -2.17. The molecule has 6 nitrogen and oxygen atoms in total. The molecule has 0 atom stereocenters. The smallest absolute Gasteiger partial charge is 0.344 e. The van der Waals surface area contributed by atoms with Crippen LogP contribution >= 0.6 is 23.2 Å². The third kappa shape index (κ3) is 6.48. The fourth-order valence-corrected chi connectivity index (χ4v) is 2.38. The molecule has 0 spiro atoms. The summed E-state index contributed by atoms with van der Waals surface area (Å²) in [6.45, 7) is -0.432.